The summed E-state index contributed by atoms with van der Waals surface area (Å²) in [5.74, 6) is 0. The molecule has 0 atom stereocenters. The van der Waals surface area contributed by atoms with Crippen molar-refractivity contribution in [3.63, 3.8) is 0 Å². The van der Waals surface area contributed by atoms with Crippen LogP contribution >= 0.6 is 46.2 Å². The van der Waals surface area contributed by atoms with Crippen molar-refractivity contribution < 1.29 is 0 Å². The van der Waals surface area contributed by atoms with Crippen LogP contribution in [0.5, 0.6) is 0 Å². The van der Waals surface area contributed by atoms with Gasteiger partial charge in [0.1, 0.15) is 0 Å². The van der Waals surface area contributed by atoms with E-state index in [0.29, 0.717) is 0 Å². The Morgan fingerprint density at radius 1 is 0.500 bits per heavy atom. The molecule has 0 fully saturated rings. The fourth-order valence-electron chi connectivity index (χ4n) is 4.19. The maximum atomic E-state index is 2.33. The van der Waals surface area contributed by atoms with Crippen LogP contribution in [0.3, 0.4) is 0 Å². The molecule has 4 heteroatoms. The van der Waals surface area contributed by atoms with Crippen LogP contribution in [0.15, 0.2) is 69.1 Å². The molecule has 0 N–H and O–H groups in total. The van der Waals surface area contributed by atoms with Crippen LogP contribution in [-0.4, -0.2) is 12.5 Å². The standard InChI is InChI=1S/C24H16S4/c1-25-21-11-13-3-5-17-15-8-10-20-18(16(15)7-9-19(17)23(13)27-21)6-4-14-12-22(26-2)28-24(14)20/h3-12H,1-2H3. The fraction of sp³-hybridized carbons (Fsp3) is 0.0833. The molecule has 6 rings (SSSR count). The van der Waals surface area contributed by atoms with Gasteiger partial charge in [-0.05, 0) is 57.0 Å². The van der Waals surface area contributed by atoms with Crippen LogP contribution in [0.4, 0.5) is 0 Å². The topological polar surface area (TPSA) is 0 Å². The smallest absolute Gasteiger partial charge is 0.0608 e. The van der Waals surface area contributed by atoms with Gasteiger partial charge in [0.2, 0.25) is 0 Å². The SMILES string of the molecule is CSc1cc2ccc3c4ccc5c(ccc6cc(SC)sc65)c4ccc3c2s1. The molecule has 6 aromatic rings. The third kappa shape index (κ3) is 2.38. The quantitative estimate of drug-likeness (QED) is 0.198. The van der Waals surface area contributed by atoms with Crippen LogP contribution in [0.1, 0.15) is 0 Å². The normalized spacial score (nSPS) is 12.2. The molecular weight excluding hydrogens is 417 g/mol. The maximum absolute atomic E-state index is 2.33. The molecular formula is C24H16S4. The minimum Gasteiger partial charge on any atom is -0.128 e. The Morgan fingerprint density at radius 3 is 1.29 bits per heavy atom. The lowest BCUT2D eigenvalue weighted by molar-refractivity contribution is 1.77. The molecule has 0 spiro atoms. The largest absolute Gasteiger partial charge is 0.128 e. The molecule has 0 radical (unpaired) electrons. The van der Waals surface area contributed by atoms with Crippen molar-refractivity contribution in [2.45, 2.75) is 8.42 Å². The van der Waals surface area contributed by atoms with Crippen molar-refractivity contribution in [3.8, 4) is 0 Å². The molecule has 0 aliphatic rings. The average molecular weight is 433 g/mol. The molecule has 2 aromatic heterocycles. The third-order valence-corrected chi connectivity index (χ3v) is 10.0. The zero-order valence-electron chi connectivity index (χ0n) is 15.4. The van der Waals surface area contributed by atoms with E-state index < -0.39 is 0 Å². The Bertz CT molecular complexity index is 1420. The predicted octanol–water partition coefficient (Wildman–Crippen LogP) is 9.02. The highest BCUT2D eigenvalue weighted by Crippen LogP contribution is 2.42. The number of thiophene rings is 2. The first kappa shape index (κ1) is 17.2. The van der Waals surface area contributed by atoms with Gasteiger partial charge >= 0.3 is 0 Å². The van der Waals surface area contributed by atoms with Crippen LogP contribution < -0.4 is 0 Å². The van der Waals surface area contributed by atoms with E-state index in [-0.39, 0.29) is 0 Å². The summed E-state index contributed by atoms with van der Waals surface area (Å²) in [5.41, 5.74) is 0. The van der Waals surface area contributed by atoms with E-state index >= 15 is 0 Å². The molecule has 0 aliphatic carbocycles. The predicted molar refractivity (Wildman–Crippen MR) is 133 cm³/mol. The molecule has 0 amide bonds. The van der Waals surface area contributed by atoms with E-state index in [4.69, 9.17) is 0 Å². The van der Waals surface area contributed by atoms with Gasteiger partial charge in [0.05, 0.1) is 8.42 Å². The zero-order chi connectivity index (χ0) is 18.8. The summed E-state index contributed by atoms with van der Waals surface area (Å²) in [6.07, 6.45) is 4.31. The number of benzene rings is 4. The first-order valence-corrected chi connectivity index (χ1v) is 13.2. The zero-order valence-corrected chi connectivity index (χ0v) is 18.7. The molecule has 0 unspecified atom stereocenters. The van der Waals surface area contributed by atoms with Crippen molar-refractivity contribution in [1.82, 2.24) is 0 Å². The molecule has 2 heterocycles. The van der Waals surface area contributed by atoms with Crippen LogP contribution in [0.2, 0.25) is 0 Å². The van der Waals surface area contributed by atoms with Crippen molar-refractivity contribution >= 4 is 98.7 Å². The summed E-state index contributed by atoms with van der Waals surface area (Å²) in [4.78, 5) is 0. The van der Waals surface area contributed by atoms with Crippen molar-refractivity contribution in [2.75, 3.05) is 12.5 Å². The van der Waals surface area contributed by atoms with E-state index in [1.54, 1.807) is 0 Å². The van der Waals surface area contributed by atoms with E-state index in [2.05, 4.69) is 73.2 Å². The molecule has 4 aromatic carbocycles. The Hall–Kier alpha value is -1.72. The van der Waals surface area contributed by atoms with E-state index in [0.717, 1.165) is 0 Å². The van der Waals surface area contributed by atoms with Crippen molar-refractivity contribution in [1.29, 1.82) is 0 Å². The monoisotopic (exact) mass is 432 g/mol. The average Bonchev–Trinajstić information content (AvgIpc) is 3.36. The summed E-state index contributed by atoms with van der Waals surface area (Å²) in [6.45, 7) is 0. The second kappa shape index (κ2) is 6.39. The first-order chi connectivity index (χ1) is 13.8. The second-order valence-electron chi connectivity index (χ2n) is 6.92. The van der Waals surface area contributed by atoms with Gasteiger partial charge in [-0.15, -0.1) is 46.2 Å². The van der Waals surface area contributed by atoms with E-state index in [9.17, 15) is 0 Å². The maximum Gasteiger partial charge on any atom is 0.0608 e. The minimum absolute atomic E-state index is 1.35. The molecule has 28 heavy (non-hydrogen) atoms. The highest BCUT2D eigenvalue weighted by atomic mass is 32.2. The van der Waals surface area contributed by atoms with Gasteiger partial charge in [-0.3, -0.25) is 0 Å². The highest BCUT2D eigenvalue weighted by Gasteiger charge is 2.12. The lowest BCUT2D eigenvalue weighted by atomic mass is 9.96. The van der Waals surface area contributed by atoms with Gasteiger partial charge in [-0.2, -0.15) is 0 Å². The van der Waals surface area contributed by atoms with Gasteiger partial charge in [0.25, 0.3) is 0 Å². The molecule has 0 saturated carbocycles. The van der Waals surface area contributed by atoms with Gasteiger partial charge in [-0.25, -0.2) is 0 Å². The third-order valence-electron chi connectivity index (χ3n) is 5.51. The summed E-state index contributed by atoms with van der Waals surface area (Å²) in [5, 5.41) is 10.9. The molecule has 0 bridgehead atoms. The van der Waals surface area contributed by atoms with Crippen LogP contribution in [0.25, 0.3) is 52.5 Å². The number of hydrogen-bond donors (Lipinski definition) is 0. The number of fused-ring (bicyclic) bond motifs is 9. The summed E-state index contributed by atoms with van der Waals surface area (Å²) < 4.78 is 5.57. The summed E-state index contributed by atoms with van der Waals surface area (Å²) >= 11 is 7.48. The molecule has 0 nitrogen and oxygen atoms in total. The van der Waals surface area contributed by atoms with Gasteiger partial charge < -0.3 is 0 Å². The van der Waals surface area contributed by atoms with Crippen LogP contribution in [0, 0.1) is 0 Å². The van der Waals surface area contributed by atoms with E-state index in [1.807, 2.05) is 46.2 Å². The fourth-order valence-corrected chi connectivity index (χ4v) is 7.68. The number of hydrogen-bond acceptors (Lipinski definition) is 4. The Kier molecular flexibility index (Phi) is 3.92. The highest BCUT2D eigenvalue weighted by molar-refractivity contribution is 8.00. The summed E-state index contributed by atoms with van der Waals surface area (Å²) in [6, 6.07) is 23.1. The molecule has 0 aliphatic heterocycles. The molecule has 136 valence electrons. The van der Waals surface area contributed by atoms with Crippen LogP contribution in [-0.2, 0) is 0 Å². The Labute approximate surface area is 179 Å². The first-order valence-electron chi connectivity index (χ1n) is 9.09. The Balaban J connectivity index is 1.73. The number of rotatable bonds is 2. The van der Waals surface area contributed by atoms with E-state index in [1.165, 1.54) is 60.9 Å². The van der Waals surface area contributed by atoms with Gasteiger partial charge in [-0.1, -0.05) is 48.5 Å². The Morgan fingerprint density at radius 2 is 0.857 bits per heavy atom. The number of thioether (sulfide) groups is 2. The lowest BCUT2D eigenvalue weighted by Gasteiger charge is -2.09. The van der Waals surface area contributed by atoms with Crippen molar-refractivity contribution in [3.05, 3.63) is 60.7 Å². The lowest BCUT2D eigenvalue weighted by Crippen LogP contribution is -1.81. The van der Waals surface area contributed by atoms with Gasteiger partial charge in [0.15, 0.2) is 0 Å². The molecule has 0 saturated heterocycles. The van der Waals surface area contributed by atoms with Gasteiger partial charge in [0, 0.05) is 20.2 Å². The summed E-state index contributed by atoms with van der Waals surface area (Å²) in [7, 11) is 0. The minimum atomic E-state index is 1.35. The second-order valence-corrected chi connectivity index (χ2v) is 11.2. The van der Waals surface area contributed by atoms with Crippen molar-refractivity contribution in [2.24, 2.45) is 0 Å².